The average Bonchev–Trinajstić information content (AvgIpc) is 2.73. The molecule has 1 saturated heterocycles. The number of benzene rings is 1. The number of carbonyl (C=O) groups is 2. The number of nitrogens with zero attached hydrogens (tertiary/aromatic N) is 1. The summed E-state index contributed by atoms with van der Waals surface area (Å²) in [6.45, 7) is -0.0333. The monoisotopic (exact) mass is 338 g/mol. The number of methoxy groups -OCH3 is 1. The Bertz CT molecular complexity index is 671. The lowest BCUT2D eigenvalue weighted by Crippen LogP contribution is -2.33. The third-order valence-corrected chi connectivity index (χ3v) is 4.33. The minimum absolute atomic E-state index is 0.0333. The van der Waals surface area contributed by atoms with Crippen molar-refractivity contribution in [1.82, 2.24) is 4.90 Å². The van der Waals surface area contributed by atoms with Gasteiger partial charge in [0.05, 0.1) is 12.0 Å². The zero-order valence-corrected chi connectivity index (χ0v) is 13.2. The zero-order chi connectivity index (χ0) is 16.3. The van der Waals surface area contributed by atoms with Crippen molar-refractivity contribution in [2.45, 2.75) is 6.42 Å². The quantitative estimate of drug-likeness (QED) is 0.625. The molecule has 1 amide bonds. The molecular formula is C14H12NO5S2-. The molecule has 1 aliphatic rings. The summed E-state index contributed by atoms with van der Waals surface area (Å²) >= 11 is 6.13. The molecule has 0 unspecified atom stereocenters. The SMILES string of the molecule is COc1cccc(/C=C2\SC(=S)N(CCC(=O)[O-])C2=O)c1O. The van der Waals surface area contributed by atoms with E-state index < -0.39 is 11.9 Å². The molecule has 6 nitrogen and oxygen atoms in total. The van der Waals surface area contributed by atoms with Crippen LogP contribution in [0.25, 0.3) is 6.08 Å². The van der Waals surface area contributed by atoms with Crippen molar-refractivity contribution in [2.24, 2.45) is 0 Å². The first-order valence-electron chi connectivity index (χ1n) is 6.25. The highest BCUT2D eigenvalue weighted by molar-refractivity contribution is 8.26. The Hall–Kier alpha value is -2.06. The number of ether oxygens (including phenoxy) is 1. The van der Waals surface area contributed by atoms with Gasteiger partial charge in [0, 0.05) is 24.5 Å². The number of thioether (sulfide) groups is 1. The second-order valence-corrected chi connectivity index (χ2v) is 6.03. The van der Waals surface area contributed by atoms with E-state index in [1.54, 1.807) is 18.2 Å². The van der Waals surface area contributed by atoms with Gasteiger partial charge in [0.15, 0.2) is 11.5 Å². The Morgan fingerprint density at radius 3 is 2.91 bits per heavy atom. The number of amides is 1. The minimum atomic E-state index is -1.25. The molecule has 0 radical (unpaired) electrons. The molecule has 1 aromatic rings. The smallest absolute Gasteiger partial charge is 0.266 e. The third kappa shape index (κ3) is 3.40. The van der Waals surface area contributed by atoms with Crippen LogP contribution in [0.3, 0.4) is 0 Å². The number of aromatic hydroxyl groups is 1. The van der Waals surface area contributed by atoms with Crippen molar-refractivity contribution in [1.29, 1.82) is 0 Å². The Kier molecular flexibility index (Phi) is 5.04. The normalized spacial score (nSPS) is 16.4. The number of phenolic OH excluding ortho intramolecular Hbond substituents is 1. The maximum atomic E-state index is 12.2. The second kappa shape index (κ2) is 6.80. The molecule has 8 heteroatoms. The molecule has 22 heavy (non-hydrogen) atoms. The lowest BCUT2D eigenvalue weighted by molar-refractivity contribution is -0.305. The number of carboxylic acid groups (broad SMARTS) is 1. The van der Waals surface area contributed by atoms with E-state index in [-0.39, 0.29) is 23.0 Å². The van der Waals surface area contributed by atoms with Crippen molar-refractivity contribution in [3.05, 3.63) is 28.7 Å². The molecule has 1 fully saturated rings. The summed E-state index contributed by atoms with van der Waals surface area (Å²) in [6, 6.07) is 4.91. The van der Waals surface area contributed by atoms with E-state index in [1.165, 1.54) is 18.1 Å². The van der Waals surface area contributed by atoms with Gasteiger partial charge < -0.3 is 19.7 Å². The van der Waals surface area contributed by atoms with Crippen LogP contribution >= 0.6 is 24.0 Å². The first kappa shape index (κ1) is 16.3. The van der Waals surface area contributed by atoms with Crippen LogP contribution in [0.4, 0.5) is 0 Å². The summed E-state index contributed by atoms with van der Waals surface area (Å²) < 4.78 is 5.28. The fourth-order valence-electron chi connectivity index (χ4n) is 1.86. The summed E-state index contributed by atoms with van der Waals surface area (Å²) in [5.41, 5.74) is 0.416. The Morgan fingerprint density at radius 2 is 2.27 bits per heavy atom. The summed E-state index contributed by atoms with van der Waals surface area (Å²) in [5.74, 6) is -1.42. The van der Waals surface area contributed by atoms with E-state index in [2.05, 4.69) is 0 Å². The topological polar surface area (TPSA) is 89.9 Å². The van der Waals surface area contributed by atoms with Crippen LogP contribution in [0.1, 0.15) is 12.0 Å². The third-order valence-electron chi connectivity index (χ3n) is 2.95. The highest BCUT2D eigenvalue weighted by atomic mass is 32.2. The van der Waals surface area contributed by atoms with Crippen molar-refractivity contribution >= 4 is 46.3 Å². The average molecular weight is 338 g/mol. The maximum absolute atomic E-state index is 12.2. The molecule has 1 aliphatic heterocycles. The van der Waals surface area contributed by atoms with Crippen LogP contribution in [0, 0.1) is 0 Å². The summed E-state index contributed by atoms with van der Waals surface area (Å²) in [7, 11) is 1.43. The molecule has 0 saturated carbocycles. The van der Waals surface area contributed by atoms with Gasteiger partial charge in [-0.25, -0.2) is 0 Å². The fraction of sp³-hybridized carbons (Fsp3) is 0.214. The van der Waals surface area contributed by atoms with E-state index in [0.717, 1.165) is 11.8 Å². The van der Waals surface area contributed by atoms with Crippen molar-refractivity contribution in [2.75, 3.05) is 13.7 Å². The first-order chi connectivity index (χ1) is 10.4. The Labute approximate surface area is 136 Å². The van der Waals surface area contributed by atoms with Crippen molar-refractivity contribution in [3.63, 3.8) is 0 Å². The van der Waals surface area contributed by atoms with E-state index in [9.17, 15) is 19.8 Å². The lowest BCUT2D eigenvalue weighted by Gasteiger charge is -2.14. The number of thiocarbonyl (C=S) groups is 1. The summed E-state index contributed by atoms with van der Waals surface area (Å²) in [4.78, 5) is 24.2. The van der Waals surface area contributed by atoms with Gasteiger partial charge in [-0.2, -0.15) is 0 Å². The highest BCUT2D eigenvalue weighted by Crippen LogP contribution is 2.36. The van der Waals surface area contributed by atoms with Crippen LogP contribution in [0.2, 0.25) is 0 Å². The summed E-state index contributed by atoms with van der Waals surface area (Å²) in [5, 5.41) is 20.5. The highest BCUT2D eigenvalue weighted by Gasteiger charge is 2.31. The maximum Gasteiger partial charge on any atom is 0.266 e. The minimum Gasteiger partial charge on any atom is -0.550 e. The lowest BCUT2D eigenvalue weighted by atomic mass is 10.1. The van der Waals surface area contributed by atoms with Crippen LogP contribution in [-0.2, 0) is 9.59 Å². The van der Waals surface area contributed by atoms with Gasteiger partial charge in [-0.15, -0.1) is 0 Å². The van der Waals surface area contributed by atoms with Crippen LogP contribution in [-0.4, -0.2) is 39.9 Å². The largest absolute Gasteiger partial charge is 0.550 e. The first-order valence-corrected chi connectivity index (χ1v) is 7.47. The Morgan fingerprint density at radius 1 is 1.55 bits per heavy atom. The van der Waals surface area contributed by atoms with Gasteiger partial charge in [-0.05, 0) is 12.1 Å². The van der Waals surface area contributed by atoms with E-state index in [0.29, 0.717) is 16.2 Å². The molecule has 1 N–H and O–H groups in total. The molecular weight excluding hydrogens is 326 g/mol. The molecule has 1 aromatic carbocycles. The van der Waals surface area contributed by atoms with Gasteiger partial charge in [-0.1, -0.05) is 36.1 Å². The predicted molar refractivity (Wildman–Crippen MR) is 84.2 cm³/mol. The van der Waals surface area contributed by atoms with Gasteiger partial charge in [0.2, 0.25) is 0 Å². The molecule has 0 atom stereocenters. The fourth-order valence-corrected chi connectivity index (χ4v) is 3.16. The van der Waals surface area contributed by atoms with Crippen molar-refractivity contribution in [3.8, 4) is 11.5 Å². The molecule has 2 rings (SSSR count). The van der Waals surface area contributed by atoms with Gasteiger partial charge in [0.1, 0.15) is 4.32 Å². The second-order valence-electron chi connectivity index (χ2n) is 4.35. The van der Waals surface area contributed by atoms with Crippen LogP contribution < -0.4 is 9.84 Å². The van der Waals surface area contributed by atoms with Crippen LogP contribution in [0.15, 0.2) is 23.1 Å². The Balaban J connectivity index is 2.25. The summed E-state index contributed by atoms with van der Waals surface area (Å²) in [6.07, 6.45) is 1.21. The number of aliphatic carboxylic acids is 1. The molecule has 0 bridgehead atoms. The number of carbonyl (C=O) groups excluding carboxylic acids is 2. The number of hydrogen-bond acceptors (Lipinski definition) is 7. The van der Waals surface area contributed by atoms with E-state index >= 15 is 0 Å². The number of para-hydroxylation sites is 1. The van der Waals surface area contributed by atoms with Crippen LogP contribution in [0.5, 0.6) is 11.5 Å². The van der Waals surface area contributed by atoms with Gasteiger partial charge >= 0.3 is 0 Å². The molecule has 116 valence electrons. The predicted octanol–water partition coefficient (Wildman–Crippen LogP) is 0.742. The standard InChI is InChI=1S/C14H13NO5S2/c1-20-9-4-2-3-8(12(9)18)7-10-13(19)15(14(21)22-10)6-5-11(16)17/h2-4,7,18H,5-6H2,1H3,(H,16,17)/p-1/b10-7-. The van der Waals surface area contributed by atoms with E-state index in [4.69, 9.17) is 17.0 Å². The van der Waals surface area contributed by atoms with Gasteiger partial charge in [-0.3, -0.25) is 9.69 Å². The number of carboxylic acids is 1. The molecule has 0 spiro atoms. The van der Waals surface area contributed by atoms with Gasteiger partial charge in [0.25, 0.3) is 5.91 Å². The zero-order valence-electron chi connectivity index (χ0n) is 11.6. The molecule has 0 aliphatic carbocycles. The van der Waals surface area contributed by atoms with E-state index in [1.807, 2.05) is 0 Å². The number of rotatable bonds is 5. The van der Waals surface area contributed by atoms with Crippen molar-refractivity contribution < 1.29 is 24.5 Å². The molecule has 1 heterocycles. The number of hydrogen-bond donors (Lipinski definition) is 1. The number of phenols is 1. The molecule has 0 aromatic heterocycles.